The molecule has 0 aliphatic carbocycles. The van der Waals surface area contributed by atoms with Gasteiger partial charge in [-0.25, -0.2) is 0 Å². The van der Waals surface area contributed by atoms with Crippen LogP contribution in [0.4, 0.5) is 0 Å². The van der Waals surface area contributed by atoms with Gasteiger partial charge in [-0.05, 0) is 32.0 Å². The maximum atomic E-state index is 12.1. The Balaban J connectivity index is 1.72. The highest BCUT2D eigenvalue weighted by Gasteiger charge is 2.35. The Hall–Kier alpha value is -1.89. The Morgan fingerprint density at radius 3 is 2.62 bits per heavy atom. The second-order valence-electron chi connectivity index (χ2n) is 6.10. The second kappa shape index (κ2) is 8.28. The van der Waals surface area contributed by atoms with Crippen molar-refractivity contribution in [2.24, 2.45) is 5.92 Å². The Bertz CT molecular complexity index is 633. The summed E-state index contributed by atoms with van der Waals surface area (Å²) in [7, 11) is 0. The van der Waals surface area contributed by atoms with E-state index in [1.807, 2.05) is 19.9 Å². The normalized spacial score (nSPS) is 17.2. The number of rotatable bonds is 6. The smallest absolute Gasteiger partial charge is 0.251 e. The summed E-state index contributed by atoms with van der Waals surface area (Å²) in [5.74, 6) is -0.607. The number of amides is 3. The minimum Gasteiger partial charge on any atom is -0.354 e. The SMILES string of the molecule is CC(C)N1CC(C(=O)NCCNC(=O)c2cccc(Br)c2)CC1=O. The van der Waals surface area contributed by atoms with Crippen molar-refractivity contribution in [1.82, 2.24) is 15.5 Å². The molecule has 1 unspecified atom stereocenters. The zero-order valence-corrected chi connectivity index (χ0v) is 15.4. The van der Waals surface area contributed by atoms with Gasteiger partial charge in [-0.15, -0.1) is 0 Å². The Morgan fingerprint density at radius 2 is 2.00 bits per heavy atom. The van der Waals surface area contributed by atoms with Crippen LogP contribution in [0.5, 0.6) is 0 Å². The van der Waals surface area contributed by atoms with Gasteiger partial charge in [0.25, 0.3) is 5.91 Å². The molecule has 2 N–H and O–H groups in total. The summed E-state index contributed by atoms with van der Waals surface area (Å²) < 4.78 is 0.837. The van der Waals surface area contributed by atoms with Gasteiger partial charge >= 0.3 is 0 Å². The van der Waals surface area contributed by atoms with Crippen molar-refractivity contribution in [3.05, 3.63) is 34.3 Å². The first kappa shape index (κ1) is 18.4. The summed E-state index contributed by atoms with van der Waals surface area (Å²) in [4.78, 5) is 37.6. The molecular formula is C17H22BrN3O3. The van der Waals surface area contributed by atoms with Crippen molar-refractivity contribution in [3.8, 4) is 0 Å². The zero-order chi connectivity index (χ0) is 17.7. The molecule has 1 saturated heterocycles. The highest BCUT2D eigenvalue weighted by Crippen LogP contribution is 2.20. The van der Waals surface area contributed by atoms with E-state index in [0.29, 0.717) is 25.2 Å². The lowest BCUT2D eigenvalue weighted by molar-refractivity contribution is -0.129. The molecule has 24 heavy (non-hydrogen) atoms. The summed E-state index contributed by atoms with van der Waals surface area (Å²) in [5.41, 5.74) is 0.560. The van der Waals surface area contributed by atoms with E-state index >= 15 is 0 Å². The molecule has 7 heteroatoms. The van der Waals surface area contributed by atoms with Crippen LogP contribution < -0.4 is 10.6 Å². The second-order valence-corrected chi connectivity index (χ2v) is 7.01. The van der Waals surface area contributed by atoms with Crippen LogP contribution in [-0.2, 0) is 9.59 Å². The molecule has 1 aliphatic rings. The number of nitrogens with one attached hydrogen (secondary N) is 2. The van der Waals surface area contributed by atoms with Crippen LogP contribution in [0, 0.1) is 5.92 Å². The fraction of sp³-hybridized carbons (Fsp3) is 0.471. The van der Waals surface area contributed by atoms with E-state index < -0.39 is 0 Å². The third-order valence-corrected chi connectivity index (χ3v) is 4.44. The first-order chi connectivity index (χ1) is 11.4. The molecule has 1 aromatic rings. The molecular weight excluding hydrogens is 374 g/mol. The summed E-state index contributed by atoms with van der Waals surface area (Å²) in [6, 6.07) is 7.21. The van der Waals surface area contributed by atoms with E-state index in [-0.39, 0.29) is 36.1 Å². The number of halogens is 1. The number of hydrogen-bond donors (Lipinski definition) is 2. The van der Waals surface area contributed by atoms with Gasteiger partial charge < -0.3 is 15.5 Å². The van der Waals surface area contributed by atoms with Crippen molar-refractivity contribution in [3.63, 3.8) is 0 Å². The van der Waals surface area contributed by atoms with E-state index in [4.69, 9.17) is 0 Å². The topological polar surface area (TPSA) is 78.5 Å². The van der Waals surface area contributed by atoms with E-state index in [9.17, 15) is 14.4 Å². The van der Waals surface area contributed by atoms with E-state index in [2.05, 4.69) is 26.6 Å². The highest BCUT2D eigenvalue weighted by molar-refractivity contribution is 9.10. The lowest BCUT2D eigenvalue weighted by Crippen LogP contribution is -2.39. The molecule has 3 amide bonds. The summed E-state index contributed by atoms with van der Waals surface area (Å²) in [6.45, 7) is 5.02. The Morgan fingerprint density at radius 1 is 1.29 bits per heavy atom. The molecule has 0 bridgehead atoms. The Labute approximate surface area is 150 Å². The molecule has 6 nitrogen and oxygen atoms in total. The van der Waals surface area contributed by atoms with Crippen molar-refractivity contribution in [1.29, 1.82) is 0 Å². The van der Waals surface area contributed by atoms with Gasteiger partial charge in [0.2, 0.25) is 11.8 Å². The predicted octanol–water partition coefficient (Wildman–Crippen LogP) is 1.55. The van der Waals surface area contributed by atoms with Crippen LogP contribution in [0.2, 0.25) is 0 Å². The monoisotopic (exact) mass is 395 g/mol. The molecule has 0 aromatic heterocycles. The van der Waals surface area contributed by atoms with Gasteiger partial charge in [0.05, 0.1) is 5.92 Å². The molecule has 1 heterocycles. The van der Waals surface area contributed by atoms with Gasteiger partial charge in [0.15, 0.2) is 0 Å². The molecule has 1 fully saturated rings. The summed E-state index contributed by atoms with van der Waals surface area (Å²) >= 11 is 3.32. The standard InChI is InChI=1S/C17H22BrN3O3/c1-11(2)21-10-13(9-15(21)22)17(24)20-7-6-19-16(23)12-4-3-5-14(18)8-12/h3-5,8,11,13H,6-7,9-10H2,1-2H3,(H,19,23)(H,20,24). The third kappa shape index (κ3) is 4.80. The molecule has 1 atom stereocenters. The predicted molar refractivity (Wildman–Crippen MR) is 94.4 cm³/mol. The fourth-order valence-corrected chi connectivity index (χ4v) is 3.04. The molecule has 1 aliphatic heterocycles. The summed E-state index contributed by atoms with van der Waals surface area (Å²) in [6.07, 6.45) is 0.258. The zero-order valence-electron chi connectivity index (χ0n) is 13.8. The van der Waals surface area contributed by atoms with Crippen LogP contribution in [0.1, 0.15) is 30.6 Å². The number of nitrogens with zero attached hydrogens (tertiary/aromatic N) is 1. The van der Waals surface area contributed by atoms with Crippen molar-refractivity contribution < 1.29 is 14.4 Å². The van der Waals surface area contributed by atoms with E-state index in [0.717, 1.165) is 4.47 Å². The maximum absolute atomic E-state index is 12.1. The number of benzene rings is 1. The number of likely N-dealkylation sites (tertiary alicyclic amines) is 1. The third-order valence-electron chi connectivity index (χ3n) is 3.95. The number of carbonyl (C=O) groups excluding carboxylic acids is 3. The van der Waals surface area contributed by atoms with Crippen LogP contribution in [-0.4, -0.2) is 48.3 Å². The minimum absolute atomic E-state index is 0.0214. The van der Waals surface area contributed by atoms with Crippen LogP contribution >= 0.6 is 15.9 Å². The molecule has 1 aromatic carbocycles. The van der Waals surface area contributed by atoms with Crippen molar-refractivity contribution in [2.45, 2.75) is 26.3 Å². The largest absolute Gasteiger partial charge is 0.354 e. The van der Waals surface area contributed by atoms with Crippen LogP contribution in [0.15, 0.2) is 28.7 Å². The van der Waals surface area contributed by atoms with Gasteiger partial charge in [-0.2, -0.15) is 0 Å². The maximum Gasteiger partial charge on any atom is 0.251 e. The first-order valence-corrected chi connectivity index (χ1v) is 8.78. The summed E-state index contributed by atoms with van der Waals surface area (Å²) in [5, 5.41) is 5.54. The average Bonchev–Trinajstić information content (AvgIpc) is 2.93. The minimum atomic E-state index is -0.305. The van der Waals surface area contributed by atoms with Gasteiger partial charge in [-0.1, -0.05) is 22.0 Å². The molecule has 0 saturated carbocycles. The number of carbonyl (C=O) groups is 3. The lowest BCUT2D eigenvalue weighted by atomic mass is 10.1. The molecule has 0 radical (unpaired) electrons. The van der Waals surface area contributed by atoms with Crippen LogP contribution in [0.25, 0.3) is 0 Å². The molecule has 0 spiro atoms. The quantitative estimate of drug-likeness (QED) is 0.717. The Kier molecular flexibility index (Phi) is 6.36. The van der Waals surface area contributed by atoms with Crippen molar-refractivity contribution in [2.75, 3.05) is 19.6 Å². The first-order valence-electron chi connectivity index (χ1n) is 7.99. The van der Waals surface area contributed by atoms with Crippen molar-refractivity contribution >= 4 is 33.7 Å². The molecule has 130 valence electrons. The van der Waals surface area contributed by atoms with Gasteiger partial charge in [-0.3, -0.25) is 14.4 Å². The molecule has 2 rings (SSSR count). The van der Waals surface area contributed by atoms with E-state index in [1.165, 1.54) is 0 Å². The van der Waals surface area contributed by atoms with Crippen LogP contribution in [0.3, 0.4) is 0 Å². The fourth-order valence-electron chi connectivity index (χ4n) is 2.64. The lowest BCUT2D eigenvalue weighted by Gasteiger charge is -2.20. The highest BCUT2D eigenvalue weighted by atomic mass is 79.9. The number of hydrogen-bond acceptors (Lipinski definition) is 3. The van der Waals surface area contributed by atoms with E-state index in [1.54, 1.807) is 23.1 Å². The van der Waals surface area contributed by atoms with Gasteiger partial charge in [0, 0.05) is 42.1 Å². The average molecular weight is 396 g/mol. The van der Waals surface area contributed by atoms with Gasteiger partial charge in [0.1, 0.15) is 0 Å².